The number of rotatable bonds is 12. The van der Waals surface area contributed by atoms with Gasteiger partial charge in [0.05, 0.1) is 30.4 Å². The molecule has 14 N–H and O–H groups in total. The number of amides is 1. The minimum absolute atomic E-state index is 0.0347. The summed E-state index contributed by atoms with van der Waals surface area (Å²) in [6.07, 6.45) is -7.20. The van der Waals surface area contributed by atoms with E-state index < -0.39 is 78.7 Å². The Morgan fingerprint density at radius 1 is 1.12 bits per heavy atom. The Morgan fingerprint density at radius 2 is 1.80 bits per heavy atom. The summed E-state index contributed by atoms with van der Waals surface area (Å²) in [6, 6.07) is -2.16. The summed E-state index contributed by atoms with van der Waals surface area (Å²) >= 11 is 0. The minimum atomic E-state index is -1.42. The highest BCUT2D eigenvalue weighted by Crippen LogP contribution is 2.34. The zero-order chi connectivity index (χ0) is 30.5. The number of aliphatic hydroxyl groups excluding tert-OH is 3. The lowest BCUT2D eigenvalue weighted by Crippen LogP contribution is -2.68. The predicted molar refractivity (Wildman–Crippen MR) is 148 cm³/mol. The number of ether oxygens (including phenoxy) is 4. The molecule has 1 saturated carbocycles. The molecule has 6 unspecified atom stereocenters. The van der Waals surface area contributed by atoms with Crippen LogP contribution in [0.1, 0.15) is 39.5 Å². The number of aliphatic hydroxyl groups is 4. The predicted octanol–water partition coefficient (Wildman–Crippen LogP) is -3.96. The SMILES string of the molecule is C=C(CN)NC[C@@H]1CCC(N)[C@@H](OC2C(O)C(O[C@H]3OCC(C)(O)[C@H](C)C3O)[C@H](NC(=O)[C@@H](O)CCN)C[C@@H]2N)O1. The van der Waals surface area contributed by atoms with Crippen molar-refractivity contribution in [1.29, 1.82) is 0 Å². The lowest BCUT2D eigenvalue weighted by atomic mass is 9.82. The van der Waals surface area contributed by atoms with E-state index in [0.29, 0.717) is 25.1 Å². The van der Waals surface area contributed by atoms with E-state index in [9.17, 15) is 25.2 Å². The largest absolute Gasteiger partial charge is 0.388 e. The van der Waals surface area contributed by atoms with Gasteiger partial charge in [-0.15, -0.1) is 0 Å². The van der Waals surface area contributed by atoms with Crippen LogP contribution in [0.3, 0.4) is 0 Å². The number of carbonyl (C=O) groups is 1. The van der Waals surface area contributed by atoms with Crippen molar-refractivity contribution in [3.63, 3.8) is 0 Å². The maximum Gasteiger partial charge on any atom is 0.249 e. The normalized spacial score (nSPS) is 42.3. The molecule has 2 aliphatic heterocycles. The maximum atomic E-state index is 12.7. The van der Waals surface area contributed by atoms with Gasteiger partial charge in [0.25, 0.3) is 0 Å². The molecule has 13 atom stereocenters. The Hall–Kier alpha value is -1.47. The van der Waals surface area contributed by atoms with Crippen molar-refractivity contribution in [3.05, 3.63) is 12.3 Å². The highest BCUT2D eigenvalue weighted by atomic mass is 16.7. The van der Waals surface area contributed by atoms with Gasteiger partial charge in [-0.05, 0) is 39.2 Å². The van der Waals surface area contributed by atoms with Crippen molar-refractivity contribution < 1.29 is 44.2 Å². The van der Waals surface area contributed by atoms with Crippen LogP contribution in [0.25, 0.3) is 0 Å². The zero-order valence-corrected chi connectivity index (χ0v) is 23.9. The van der Waals surface area contributed by atoms with Gasteiger partial charge < -0.3 is 72.9 Å². The fourth-order valence-electron chi connectivity index (χ4n) is 5.31. The molecule has 2 heterocycles. The van der Waals surface area contributed by atoms with Crippen molar-refractivity contribution in [3.8, 4) is 0 Å². The Bertz CT molecular complexity index is 869. The molecule has 15 heteroatoms. The van der Waals surface area contributed by atoms with Crippen LogP contribution in [-0.2, 0) is 23.7 Å². The molecule has 1 aliphatic carbocycles. The quantitative estimate of drug-likeness (QED) is 0.104. The van der Waals surface area contributed by atoms with E-state index in [1.54, 1.807) is 13.8 Å². The van der Waals surface area contributed by atoms with Crippen molar-refractivity contribution in [2.75, 3.05) is 26.2 Å². The van der Waals surface area contributed by atoms with Crippen LogP contribution in [0, 0.1) is 5.92 Å². The molecular formula is C26H50N6O9. The molecule has 238 valence electrons. The topological polar surface area (TPSA) is 263 Å². The van der Waals surface area contributed by atoms with Crippen LogP contribution in [0.2, 0.25) is 0 Å². The van der Waals surface area contributed by atoms with E-state index in [4.69, 9.17) is 41.9 Å². The molecule has 15 nitrogen and oxygen atoms in total. The van der Waals surface area contributed by atoms with Crippen LogP contribution in [-0.4, -0.2) is 126 Å². The van der Waals surface area contributed by atoms with Gasteiger partial charge in [0.2, 0.25) is 5.91 Å². The maximum absolute atomic E-state index is 12.7. The summed E-state index contributed by atoms with van der Waals surface area (Å²) in [7, 11) is 0. The Morgan fingerprint density at radius 3 is 2.46 bits per heavy atom. The second kappa shape index (κ2) is 14.8. The van der Waals surface area contributed by atoms with Gasteiger partial charge in [0, 0.05) is 30.7 Å². The molecule has 0 aromatic carbocycles. The molecule has 0 aromatic rings. The van der Waals surface area contributed by atoms with Crippen molar-refractivity contribution in [1.82, 2.24) is 10.6 Å². The number of carbonyl (C=O) groups excluding carboxylic acids is 1. The molecule has 0 aromatic heterocycles. The Balaban J connectivity index is 1.77. The van der Waals surface area contributed by atoms with E-state index >= 15 is 0 Å². The van der Waals surface area contributed by atoms with Gasteiger partial charge in [-0.2, -0.15) is 0 Å². The van der Waals surface area contributed by atoms with Crippen LogP contribution in [0.15, 0.2) is 12.3 Å². The van der Waals surface area contributed by atoms with Gasteiger partial charge in [0.1, 0.15) is 30.5 Å². The molecule has 3 rings (SSSR count). The molecule has 2 saturated heterocycles. The van der Waals surface area contributed by atoms with Gasteiger partial charge in [-0.25, -0.2) is 0 Å². The van der Waals surface area contributed by atoms with Gasteiger partial charge >= 0.3 is 0 Å². The van der Waals surface area contributed by atoms with Gasteiger partial charge in [-0.3, -0.25) is 4.79 Å². The Kier molecular flexibility index (Phi) is 12.3. The van der Waals surface area contributed by atoms with E-state index in [1.165, 1.54) is 0 Å². The molecule has 3 fully saturated rings. The third-order valence-electron chi connectivity index (χ3n) is 8.31. The summed E-state index contributed by atoms with van der Waals surface area (Å²) in [5, 5.41) is 48.8. The summed E-state index contributed by atoms with van der Waals surface area (Å²) in [4.78, 5) is 12.7. The zero-order valence-electron chi connectivity index (χ0n) is 23.9. The second-order valence-electron chi connectivity index (χ2n) is 11.7. The first-order chi connectivity index (χ1) is 19.3. The van der Waals surface area contributed by atoms with Crippen LogP contribution >= 0.6 is 0 Å². The molecule has 3 aliphatic rings. The Labute approximate surface area is 240 Å². The highest BCUT2D eigenvalue weighted by molar-refractivity contribution is 5.80. The van der Waals surface area contributed by atoms with Crippen LogP contribution in [0.4, 0.5) is 0 Å². The van der Waals surface area contributed by atoms with Crippen molar-refractivity contribution >= 4 is 5.91 Å². The third kappa shape index (κ3) is 8.55. The number of nitrogens with two attached hydrogens (primary N) is 4. The third-order valence-corrected chi connectivity index (χ3v) is 8.31. The van der Waals surface area contributed by atoms with E-state index in [2.05, 4.69) is 17.2 Å². The smallest absolute Gasteiger partial charge is 0.249 e. The standard InChI is InChI=1S/C26H50N6O9/c1-12(9-28)31-10-14-4-5-15(29)24(39-14)40-21-16(30)8-17(32-23(36)18(33)6-7-27)22(20(21)35)41-25-19(34)13(2)26(3,37)11-38-25/h13-22,24-25,31,33-35,37H,1,4-11,27-30H2,2-3H3,(H,32,36)/t13-,14+,15?,16+,17-,18+,19?,20?,21?,22?,24-,25-,26?/m1/s1. The number of nitrogens with one attached hydrogen (secondary N) is 2. The van der Waals surface area contributed by atoms with Crippen molar-refractivity contribution in [2.24, 2.45) is 28.9 Å². The monoisotopic (exact) mass is 590 g/mol. The minimum Gasteiger partial charge on any atom is -0.388 e. The first-order valence-electron chi connectivity index (χ1n) is 14.3. The summed E-state index contributed by atoms with van der Waals surface area (Å²) in [5.41, 5.74) is 23.2. The van der Waals surface area contributed by atoms with Gasteiger partial charge in [-0.1, -0.05) is 13.5 Å². The molecule has 41 heavy (non-hydrogen) atoms. The summed E-state index contributed by atoms with van der Waals surface area (Å²) < 4.78 is 23.9. The van der Waals surface area contributed by atoms with E-state index in [1.807, 2.05) is 0 Å². The molecule has 1 amide bonds. The molecule has 0 radical (unpaired) electrons. The molecule has 0 bridgehead atoms. The summed E-state index contributed by atoms with van der Waals surface area (Å²) in [5.74, 6) is -1.33. The lowest BCUT2D eigenvalue weighted by molar-refractivity contribution is -0.314. The highest BCUT2D eigenvalue weighted by Gasteiger charge is 2.51. The molecular weight excluding hydrogens is 540 g/mol. The van der Waals surface area contributed by atoms with E-state index in [-0.39, 0.29) is 38.6 Å². The summed E-state index contributed by atoms with van der Waals surface area (Å²) in [6.45, 7) is 7.72. The average molecular weight is 591 g/mol. The van der Waals surface area contributed by atoms with Crippen LogP contribution < -0.4 is 33.6 Å². The van der Waals surface area contributed by atoms with Crippen molar-refractivity contribution in [2.45, 2.75) is 112 Å². The first-order valence-corrected chi connectivity index (χ1v) is 14.3. The fraction of sp³-hybridized carbons (Fsp3) is 0.885. The fourth-order valence-corrected chi connectivity index (χ4v) is 5.31. The number of hydrogen-bond acceptors (Lipinski definition) is 14. The van der Waals surface area contributed by atoms with E-state index in [0.717, 1.165) is 0 Å². The van der Waals surface area contributed by atoms with Crippen LogP contribution in [0.5, 0.6) is 0 Å². The first kappa shape index (κ1) is 34.0. The van der Waals surface area contributed by atoms with Gasteiger partial charge in [0.15, 0.2) is 12.6 Å². The average Bonchev–Trinajstić information content (AvgIpc) is 2.93. The second-order valence-corrected chi connectivity index (χ2v) is 11.7. The number of hydrogen-bond donors (Lipinski definition) is 10. The molecule has 0 spiro atoms. The lowest BCUT2D eigenvalue weighted by Gasteiger charge is -2.48.